The van der Waals surface area contributed by atoms with E-state index in [1.807, 2.05) is 0 Å². The average Bonchev–Trinajstić information content (AvgIpc) is 2.35. The van der Waals surface area contributed by atoms with Gasteiger partial charge in [0.1, 0.15) is 0 Å². The summed E-state index contributed by atoms with van der Waals surface area (Å²) >= 11 is 0. The van der Waals surface area contributed by atoms with E-state index in [1.165, 1.54) is 12.1 Å². The Bertz CT molecular complexity index is 536. The molecule has 0 radical (unpaired) electrons. The zero-order chi connectivity index (χ0) is 15.3. The molecule has 1 aromatic carbocycles. The van der Waals surface area contributed by atoms with Crippen LogP contribution in [0.25, 0.3) is 6.08 Å². The number of anilines is 1. The van der Waals surface area contributed by atoms with E-state index >= 15 is 0 Å². The topological polar surface area (TPSA) is 40.5 Å². The molecule has 0 atom stereocenters. The fraction of sp³-hybridized carbons (Fsp3) is 0.214. The lowest BCUT2D eigenvalue weighted by molar-refractivity contribution is -0.137. The van der Waals surface area contributed by atoms with Gasteiger partial charge in [0.25, 0.3) is 0 Å². The first-order valence-corrected chi connectivity index (χ1v) is 5.70. The van der Waals surface area contributed by atoms with Gasteiger partial charge in [-0.05, 0) is 23.8 Å². The van der Waals surface area contributed by atoms with Crippen LogP contribution in [-0.2, 0) is 11.0 Å². The molecule has 0 bridgehead atoms. The normalized spacial score (nSPS) is 11.6. The van der Waals surface area contributed by atoms with Crippen LogP contribution < -0.4 is 4.90 Å². The first-order valence-electron chi connectivity index (χ1n) is 5.70. The maximum absolute atomic E-state index is 13.0. The van der Waals surface area contributed by atoms with Crippen LogP contribution in [0.1, 0.15) is 11.1 Å². The van der Waals surface area contributed by atoms with Gasteiger partial charge in [0.15, 0.2) is 0 Å². The fourth-order valence-electron chi connectivity index (χ4n) is 1.63. The fourth-order valence-corrected chi connectivity index (χ4v) is 1.63. The molecule has 1 rings (SSSR count). The van der Waals surface area contributed by atoms with Gasteiger partial charge in [-0.3, -0.25) is 0 Å². The molecule has 0 saturated carbocycles. The number of nitrogens with zero attached hydrogens (tertiary/aromatic N) is 1. The molecule has 0 unspecified atom stereocenters. The van der Waals surface area contributed by atoms with E-state index in [1.54, 1.807) is 18.0 Å². The second kappa shape index (κ2) is 6.27. The predicted octanol–water partition coefficient (Wildman–Crippen LogP) is 3.43. The molecule has 0 spiro atoms. The number of carboxylic acid groups (broad SMARTS) is 1. The quantitative estimate of drug-likeness (QED) is 0.665. The Kier molecular flexibility index (Phi) is 4.96. The lowest BCUT2D eigenvalue weighted by Crippen LogP contribution is -2.18. The Hall–Kier alpha value is -2.24. The maximum Gasteiger partial charge on any atom is 0.417 e. The van der Waals surface area contributed by atoms with Crippen molar-refractivity contribution in [2.24, 2.45) is 0 Å². The number of carboxylic acids is 1. The summed E-state index contributed by atoms with van der Waals surface area (Å²) in [5, 5.41) is 8.49. The second-order valence-electron chi connectivity index (χ2n) is 4.11. The number of carbonyl (C=O) groups is 1. The van der Waals surface area contributed by atoms with Crippen molar-refractivity contribution in [3.63, 3.8) is 0 Å². The molecule has 0 amide bonds. The predicted molar refractivity (Wildman–Crippen MR) is 71.6 cm³/mol. The third kappa shape index (κ3) is 4.15. The van der Waals surface area contributed by atoms with Gasteiger partial charge in [0.2, 0.25) is 0 Å². The van der Waals surface area contributed by atoms with Crippen molar-refractivity contribution < 1.29 is 23.1 Å². The van der Waals surface area contributed by atoms with Crippen molar-refractivity contribution in [1.29, 1.82) is 0 Å². The van der Waals surface area contributed by atoms with E-state index in [2.05, 4.69) is 6.58 Å². The third-order valence-corrected chi connectivity index (χ3v) is 2.59. The van der Waals surface area contributed by atoms with Crippen LogP contribution in [-0.4, -0.2) is 24.7 Å². The van der Waals surface area contributed by atoms with Gasteiger partial charge in [0.05, 0.1) is 5.56 Å². The molecule has 20 heavy (non-hydrogen) atoms. The zero-order valence-electron chi connectivity index (χ0n) is 10.8. The highest BCUT2D eigenvalue weighted by molar-refractivity contribution is 5.85. The van der Waals surface area contributed by atoms with Gasteiger partial charge in [-0.15, -0.1) is 6.58 Å². The van der Waals surface area contributed by atoms with E-state index in [-0.39, 0.29) is 5.56 Å². The van der Waals surface area contributed by atoms with Crippen molar-refractivity contribution in [2.45, 2.75) is 6.18 Å². The van der Waals surface area contributed by atoms with Gasteiger partial charge in [-0.1, -0.05) is 12.1 Å². The molecule has 0 aliphatic heterocycles. The van der Waals surface area contributed by atoms with Crippen LogP contribution >= 0.6 is 0 Å². The molecule has 0 saturated heterocycles. The minimum absolute atomic E-state index is 0.185. The molecule has 6 heteroatoms. The Labute approximate surface area is 114 Å². The molecule has 0 heterocycles. The highest BCUT2D eigenvalue weighted by atomic mass is 19.4. The molecular weight excluding hydrogens is 271 g/mol. The highest BCUT2D eigenvalue weighted by Gasteiger charge is 2.33. The summed E-state index contributed by atoms with van der Waals surface area (Å²) in [7, 11) is 1.64. The Morgan fingerprint density at radius 2 is 2.10 bits per heavy atom. The lowest BCUT2D eigenvalue weighted by atomic mass is 10.0. The number of benzene rings is 1. The van der Waals surface area contributed by atoms with Gasteiger partial charge in [-0.25, -0.2) is 4.79 Å². The zero-order valence-corrected chi connectivity index (χ0v) is 10.8. The van der Waals surface area contributed by atoms with Gasteiger partial charge < -0.3 is 10.0 Å². The molecule has 1 N–H and O–H groups in total. The minimum atomic E-state index is -4.55. The van der Waals surface area contributed by atoms with E-state index in [9.17, 15) is 18.0 Å². The summed E-state index contributed by atoms with van der Waals surface area (Å²) in [4.78, 5) is 12.0. The van der Waals surface area contributed by atoms with Gasteiger partial charge in [0, 0.05) is 25.4 Å². The lowest BCUT2D eigenvalue weighted by Gasteiger charge is -2.20. The molecule has 0 aliphatic rings. The van der Waals surface area contributed by atoms with E-state index in [0.717, 1.165) is 12.1 Å². The SMILES string of the molecule is C=CCN(C)c1ccc(/C=C/C(=O)O)c(C(F)(F)F)c1. The molecule has 0 aliphatic carbocycles. The van der Waals surface area contributed by atoms with Crippen molar-refractivity contribution in [3.8, 4) is 0 Å². The number of hydrogen-bond acceptors (Lipinski definition) is 2. The second-order valence-corrected chi connectivity index (χ2v) is 4.11. The van der Waals surface area contributed by atoms with E-state index in [0.29, 0.717) is 18.3 Å². The molecule has 3 nitrogen and oxygen atoms in total. The highest BCUT2D eigenvalue weighted by Crippen LogP contribution is 2.35. The summed E-state index contributed by atoms with van der Waals surface area (Å²) in [5.74, 6) is -1.30. The molecular formula is C14H14F3NO2. The number of alkyl halides is 3. The standard InChI is InChI=1S/C14H14F3NO2/c1-3-8-18(2)11-6-4-10(5-7-13(19)20)12(9-11)14(15,16)17/h3-7,9H,1,8H2,2H3,(H,19,20)/b7-5+. The van der Waals surface area contributed by atoms with Crippen LogP contribution in [0.15, 0.2) is 36.9 Å². The van der Waals surface area contributed by atoms with Crippen LogP contribution in [0, 0.1) is 0 Å². The van der Waals surface area contributed by atoms with Gasteiger partial charge in [-0.2, -0.15) is 13.2 Å². The number of likely N-dealkylation sites (N-methyl/N-ethyl adjacent to an activating group) is 1. The Balaban J connectivity index is 3.27. The van der Waals surface area contributed by atoms with Crippen molar-refractivity contribution >= 4 is 17.7 Å². The summed E-state index contributed by atoms with van der Waals surface area (Å²) in [6.45, 7) is 3.93. The van der Waals surface area contributed by atoms with Crippen LogP contribution in [0.2, 0.25) is 0 Å². The number of aliphatic carboxylic acids is 1. The smallest absolute Gasteiger partial charge is 0.417 e. The third-order valence-electron chi connectivity index (χ3n) is 2.59. The Morgan fingerprint density at radius 1 is 1.45 bits per heavy atom. The van der Waals surface area contributed by atoms with E-state index in [4.69, 9.17) is 5.11 Å². The molecule has 0 aromatic heterocycles. The molecule has 108 valence electrons. The van der Waals surface area contributed by atoms with Crippen molar-refractivity contribution in [2.75, 3.05) is 18.5 Å². The number of halogens is 3. The van der Waals surface area contributed by atoms with Crippen LogP contribution in [0.5, 0.6) is 0 Å². The average molecular weight is 285 g/mol. The largest absolute Gasteiger partial charge is 0.478 e. The van der Waals surface area contributed by atoms with Crippen LogP contribution in [0.4, 0.5) is 18.9 Å². The van der Waals surface area contributed by atoms with Crippen molar-refractivity contribution in [1.82, 2.24) is 0 Å². The number of rotatable bonds is 5. The number of hydrogen-bond donors (Lipinski definition) is 1. The molecule has 1 aromatic rings. The summed E-state index contributed by atoms with van der Waals surface area (Å²) in [6.07, 6.45) is -1.37. The molecule has 0 fully saturated rings. The van der Waals surface area contributed by atoms with E-state index < -0.39 is 17.7 Å². The summed E-state index contributed by atoms with van der Waals surface area (Å²) < 4.78 is 38.9. The first-order chi connectivity index (χ1) is 9.25. The Morgan fingerprint density at radius 3 is 2.60 bits per heavy atom. The minimum Gasteiger partial charge on any atom is -0.478 e. The van der Waals surface area contributed by atoms with Gasteiger partial charge >= 0.3 is 12.1 Å². The summed E-state index contributed by atoms with van der Waals surface area (Å²) in [5.41, 5.74) is -0.677. The van der Waals surface area contributed by atoms with Crippen LogP contribution in [0.3, 0.4) is 0 Å². The first kappa shape index (κ1) is 15.8. The van der Waals surface area contributed by atoms with Crippen molar-refractivity contribution in [3.05, 3.63) is 48.1 Å². The maximum atomic E-state index is 13.0. The monoisotopic (exact) mass is 285 g/mol. The summed E-state index contributed by atoms with van der Waals surface area (Å²) in [6, 6.07) is 3.74.